The molecule has 0 aliphatic carbocycles. The van der Waals surface area contributed by atoms with E-state index in [1.165, 1.54) is 36.3 Å². The molecule has 0 saturated carbocycles. The number of carbonyl (C=O) groups is 2. The maximum atomic E-state index is 12.8. The predicted molar refractivity (Wildman–Crippen MR) is 73.7 cm³/mol. The van der Waals surface area contributed by atoms with Gasteiger partial charge in [-0.15, -0.1) is 0 Å². The molecule has 21 heavy (non-hydrogen) atoms. The molecule has 1 aromatic rings. The number of primary amides is 1. The summed E-state index contributed by atoms with van der Waals surface area (Å²) in [5.41, 5.74) is 10.9. The van der Waals surface area contributed by atoms with E-state index in [2.05, 4.69) is 10.9 Å². The Hall–Kier alpha value is -2.35. The van der Waals surface area contributed by atoms with Gasteiger partial charge in [-0.05, 0) is 30.7 Å². The number of halogens is 1. The minimum atomic E-state index is -0.791. The largest absolute Gasteiger partial charge is 0.379 e. The smallest absolute Gasteiger partial charge is 0.315 e. The number of hydrogen-bond acceptors (Lipinski definition) is 4. The number of hydrazine groups is 1. The number of rotatable bonds is 4. The summed E-state index contributed by atoms with van der Waals surface area (Å²) in [6, 6.07) is 4.01. The zero-order valence-electron chi connectivity index (χ0n) is 11.5. The highest BCUT2D eigenvalue weighted by Crippen LogP contribution is 2.20. The van der Waals surface area contributed by atoms with Gasteiger partial charge >= 0.3 is 6.03 Å². The van der Waals surface area contributed by atoms with Gasteiger partial charge in [0.25, 0.3) is 5.91 Å². The predicted octanol–water partition coefficient (Wildman–Crippen LogP) is 0.437. The highest BCUT2D eigenvalue weighted by atomic mass is 19.1. The van der Waals surface area contributed by atoms with Crippen LogP contribution in [0, 0.1) is 5.82 Å². The summed E-state index contributed by atoms with van der Waals surface area (Å²) in [5.74, 6) is -0.815. The summed E-state index contributed by atoms with van der Waals surface area (Å²) in [6.07, 6.45) is 0.126. The molecule has 1 heterocycles. The van der Waals surface area contributed by atoms with E-state index in [1.54, 1.807) is 0 Å². The van der Waals surface area contributed by atoms with E-state index >= 15 is 0 Å². The van der Waals surface area contributed by atoms with Crippen molar-refractivity contribution in [3.63, 3.8) is 0 Å². The molecule has 4 N–H and O–H groups in total. The van der Waals surface area contributed by atoms with Gasteiger partial charge in [0.15, 0.2) is 0 Å². The third-order valence-corrected chi connectivity index (χ3v) is 3.37. The number of methoxy groups -OCH3 is 1. The van der Waals surface area contributed by atoms with E-state index in [-0.39, 0.29) is 5.82 Å². The Morgan fingerprint density at radius 2 is 2.05 bits per heavy atom. The molecule has 114 valence electrons. The first-order chi connectivity index (χ1) is 10.0. The van der Waals surface area contributed by atoms with E-state index in [0.29, 0.717) is 18.7 Å². The summed E-state index contributed by atoms with van der Waals surface area (Å²) >= 11 is 0. The fraction of sp³-hybridized carbons (Fsp3) is 0.385. The fourth-order valence-corrected chi connectivity index (χ4v) is 2.31. The molecule has 1 aromatic carbocycles. The van der Waals surface area contributed by atoms with Crippen molar-refractivity contribution in [3.8, 4) is 0 Å². The molecular formula is C13H17FN4O3. The Morgan fingerprint density at radius 1 is 1.38 bits per heavy atom. The van der Waals surface area contributed by atoms with Gasteiger partial charge in [-0.2, -0.15) is 0 Å². The van der Waals surface area contributed by atoms with Crippen LogP contribution >= 0.6 is 0 Å². The van der Waals surface area contributed by atoms with Gasteiger partial charge in [-0.25, -0.2) is 9.18 Å². The zero-order valence-corrected chi connectivity index (χ0v) is 11.5. The van der Waals surface area contributed by atoms with Crippen LogP contribution in [-0.2, 0) is 9.53 Å². The van der Waals surface area contributed by atoms with Gasteiger partial charge in [0.2, 0.25) is 0 Å². The lowest BCUT2D eigenvalue weighted by molar-refractivity contribution is -0.127. The van der Waals surface area contributed by atoms with Crippen molar-refractivity contribution >= 4 is 17.6 Å². The molecule has 2 unspecified atom stereocenters. The molecule has 1 fully saturated rings. The standard InChI is InChI=1S/C13H17FN4O3/c1-21-10-6-7-18(13(15)20)11(10)12(19)17-16-9-4-2-8(14)3-5-9/h2-5,10-11,16H,6-7H2,1H3,(H2,15,20)(H,17,19). The van der Waals surface area contributed by atoms with Crippen molar-refractivity contribution in [2.75, 3.05) is 19.1 Å². The van der Waals surface area contributed by atoms with E-state index in [1.807, 2.05) is 0 Å². The maximum absolute atomic E-state index is 12.8. The second-order valence-corrected chi connectivity index (χ2v) is 4.66. The Morgan fingerprint density at radius 3 is 2.62 bits per heavy atom. The molecule has 0 radical (unpaired) electrons. The number of nitrogens with two attached hydrogens (primary N) is 1. The Labute approximate surface area is 121 Å². The second-order valence-electron chi connectivity index (χ2n) is 4.66. The number of anilines is 1. The number of carbonyl (C=O) groups excluding carboxylic acids is 2. The third kappa shape index (κ3) is 3.40. The maximum Gasteiger partial charge on any atom is 0.315 e. The van der Waals surface area contributed by atoms with Crippen molar-refractivity contribution in [2.45, 2.75) is 18.6 Å². The van der Waals surface area contributed by atoms with E-state index in [9.17, 15) is 14.0 Å². The fourth-order valence-electron chi connectivity index (χ4n) is 2.31. The number of urea groups is 1. The first kappa shape index (κ1) is 15.0. The molecule has 7 nitrogen and oxygen atoms in total. The minimum Gasteiger partial charge on any atom is -0.379 e. The molecule has 0 bridgehead atoms. The summed E-state index contributed by atoms with van der Waals surface area (Å²) in [6.45, 7) is 0.364. The van der Waals surface area contributed by atoms with Crippen molar-refractivity contribution in [3.05, 3.63) is 30.1 Å². The van der Waals surface area contributed by atoms with E-state index in [4.69, 9.17) is 10.5 Å². The van der Waals surface area contributed by atoms with Crippen LogP contribution in [0.3, 0.4) is 0 Å². The number of ether oxygens (including phenoxy) is 1. The molecule has 0 spiro atoms. The summed E-state index contributed by atoms with van der Waals surface area (Å²) in [4.78, 5) is 24.8. The average Bonchev–Trinajstić information content (AvgIpc) is 2.90. The second kappa shape index (κ2) is 6.40. The third-order valence-electron chi connectivity index (χ3n) is 3.37. The summed E-state index contributed by atoms with van der Waals surface area (Å²) in [7, 11) is 1.48. The van der Waals surface area contributed by atoms with Crippen LogP contribution in [0.25, 0.3) is 0 Å². The molecule has 3 amide bonds. The summed E-state index contributed by atoms with van der Waals surface area (Å²) < 4.78 is 18.0. The van der Waals surface area contributed by atoms with Gasteiger partial charge in [0, 0.05) is 13.7 Å². The van der Waals surface area contributed by atoms with Crippen LogP contribution in [0.15, 0.2) is 24.3 Å². The number of benzene rings is 1. The zero-order chi connectivity index (χ0) is 15.4. The van der Waals surface area contributed by atoms with Crippen LogP contribution in [-0.4, -0.2) is 42.6 Å². The van der Waals surface area contributed by atoms with Crippen molar-refractivity contribution in [2.24, 2.45) is 5.73 Å². The number of nitrogens with one attached hydrogen (secondary N) is 2. The van der Waals surface area contributed by atoms with Crippen LogP contribution in [0.5, 0.6) is 0 Å². The molecule has 1 aliphatic rings. The average molecular weight is 296 g/mol. The number of amides is 3. The molecule has 8 heteroatoms. The first-order valence-corrected chi connectivity index (χ1v) is 6.43. The quantitative estimate of drug-likeness (QED) is 0.702. The molecule has 0 aromatic heterocycles. The van der Waals surface area contributed by atoms with Gasteiger partial charge in [-0.3, -0.25) is 15.6 Å². The highest BCUT2D eigenvalue weighted by Gasteiger charge is 2.41. The van der Waals surface area contributed by atoms with Gasteiger partial charge in [0.1, 0.15) is 11.9 Å². The van der Waals surface area contributed by atoms with Crippen molar-refractivity contribution in [1.29, 1.82) is 0 Å². The number of nitrogens with zero attached hydrogens (tertiary/aromatic N) is 1. The van der Waals surface area contributed by atoms with Crippen LogP contribution in [0.2, 0.25) is 0 Å². The van der Waals surface area contributed by atoms with E-state index < -0.39 is 24.1 Å². The Kier molecular flexibility index (Phi) is 4.59. The lowest BCUT2D eigenvalue weighted by Gasteiger charge is -2.25. The Balaban J connectivity index is 2.00. The van der Waals surface area contributed by atoms with E-state index in [0.717, 1.165) is 0 Å². The Bertz CT molecular complexity index is 523. The molecule has 2 rings (SSSR count). The summed E-state index contributed by atoms with van der Waals surface area (Å²) in [5, 5.41) is 0. The van der Waals surface area contributed by atoms with Crippen molar-refractivity contribution in [1.82, 2.24) is 10.3 Å². The van der Waals surface area contributed by atoms with Crippen LogP contribution in [0.1, 0.15) is 6.42 Å². The van der Waals surface area contributed by atoms with Crippen molar-refractivity contribution < 1.29 is 18.7 Å². The molecule has 1 aliphatic heterocycles. The van der Waals surface area contributed by atoms with Gasteiger partial charge < -0.3 is 15.4 Å². The SMILES string of the molecule is COC1CCN(C(N)=O)C1C(=O)NNc1ccc(F)cc1. The first-order valence-electron chi connectivity index (χ1n) is 6.43. The number of hydrogen-bond donors (Lipinski definition) is 3. The van der Waals surface area contributed by atoms with Crippen LogP contribution < -0.4 is 16.6 Å². The number of likely N-dealkylation sites (tertiary alicyclic amines) is 1. The lowest BCUT2D eigenvalue weighted by Crippen LogP contribution is -2.53. The molecule has 1 saturated heterocycles. The molecule has 2 atom stereocenters. The van der Waals surface area contributed by atoms with Gasteiger partial charge in [-0.1, -0.05) is 0 Å². The highest BCUT2D eigenvalue weighted by molar-refractivity contribution is 5.88. The van der Waals surface area contributed by atoms with Gasteiger partial charge in [0.05, 0.1) is 11.8 Å². The van der Waals surface area contributed by atoms with Crippen LogP contribution in [0.4, 0.5) is 14.9 Å². The normalized spacial score (nSPS) is 21.1. The monoisotopic (exact) mass is 296 g/mol. The lowest BCUT2D eigenvalue weighted by atomic mass is 10.1. The minimum absolute atomic E-state index is 0.364. The topological polar surface area (TPSA) is 96.7 Å². The molecular weight excluding hydrogens is 279 g/mol.